The lowest BCUT2D eigenvalue weighted by Crippen LogP contribution is -2.12. The Labute approximate surface area is 142 Å². The van der Waals surface area contributed by atoms with E-state index in [9.17, 15) is 4.79 Å². The zero-order valence-corrected chi connectivity index (χ0v) is 14.4. The van der Waals surface area contributed by atoms with Crippen LogP contribution in [0.3, 0.4) is 0 Å². The lowest BCUT2D eigenvalue weighted by molar-refractivity contribution is 0.103. The molecule has 0 fully saturated rings. The number of hydrogen-bond acceptors (Lipinski definition) is 2. The lowest BCUT2D eigenvalue weighted by atomic mass is 10.1. The molecule has 2 nitrogen and oxygen atoms in total. The Balaban J connectivity index is 2.01. The first-order chi connectivity index (χ1) is 10.5. The Morgan fingerprint density at radius 3 is 2.45 bits per heavy atom. The summed E-state index contributed by atoms with van der Waals surface area (Å²) in [7, 11) is 0. The predicted octanol–water partition coefficient (Wildman–Crippen LogP) is 6.08. The molecule has 1 amide bonds. The number of thiophene rings is 1. The van der Waals surface area contributed by atoms with Gasteiger partial charge in [-0.05, 0) is 37.1 Å². The standard InChI is InChI=1S/C17H13Cl2NOS/c1-9-4-3-5-10(2)15(9)20-17(21)16-14(19)12-7-6-11(18)8-13(12)22-16/h3-8H,1-2H3,(H,20,21). The van der Waals surface area contributed by atoms with Gasteiger partial charge in [0, 0.05) is 20.8 Å². The van der Waals surface area contributed by atoms with Gasteiger partial charge >= 0.3 is 0 Å². The molecule has 0 aliphatic rings. The highest BCUT2D eigenvalue weighted by Crippen LogP contribution is 2.37. The van der Waals surface area contributed by atoms with Gasteiger partial charge in [-0.25, -0.2) is 0 Å². The van der Waals surface area contributed by atoms with Crippen LogP contribution in [0.15, 0.2) is 36.4 Å². The highest BCUT2D eigenvalue weighted by atomic mass is 35.5. The van der Waals surface area contributed by atoms with E-state index in [1.807, 2.05) is 44.2 Å². The normalized spacial score (nSPS) is 10.9. The molecule has 0 saturated heterocycles. The molecule has 22 heavy (non-hydrogen) atoms. The topological polar surface area (TPSA) is 29.1 Å². The molecule has 1 heterocycles. The number of amides is 1. The van der Waals surface area contributed by atoms with E-state index >= 15 is 0 Å². The van der Waals surface area contributed by atoms with Crippen molar-refractivity contribution >= 4 is 56.2 Å². The summed E-state index contributed by atoms with van der Waals surface area (Å²) in [6.07, 6.45) is 0. The Kier molecular flexibility index (Phi) is 4.13. The number of para-hydroxylation sites is 1. The van der Waals surface area contributed by atoms with Crippen LogP contribution in [0.25, 0.3) is 10.1 Å². The molecular formula is C17H13Cl2NOS. The van der Waals surface area contributed by atoms with Crippen molar-refractivity contribution in [3.05, 3.63) is 62.4 Å². The minimum absolute atomic E-state index is 0.195. The largest absolute Gasteiger partial charge is 0.321 e. The van der Waals surface area contributed by atoms with Crippen molar-refractivity contribution in [2.75, 3.05) is 5.32 Å². The van der Waals surface area contributed by atoms with Crippen molar-refractivity contribution < 1.29 is 4.79 Å². The number of carbonyl (C=O) groups excluding carboxylic acids is 1. The van der Waals surface area contributed by atoms with Gasteiger partial charge in [0.05, 0.1) is 5.02 Å². The summed E-state index contributed by atoms with van der Waals surface area (Å²) >= 11 is 13.7. The summed E-state index contributed by atoms with van der Waals surface area (Å²) in [6.45, 7) is 3.93. The first-order valence-corrected chi connectivity index (χ1v) is 8.29. The van der Waals surface area contributed by atoms with Crippen LogP contribution in [-0.4, -0.2) is 5.91 Å². The third-order valence-corrected chi connectivity index (χ3v) is 5.41. The first-order valence-electron chi connectivity index (χ1n) is 6.72. The van der Waals surface area contributed by atoms with Crippen molar-refractivity contribution in [1.82, 2.24) is 0 Å². The highest BCUT2D eigenvalue weighted by molar-refractivity contribution is 7.21. The number of benzene rings is 2. The number of rotatable bonds is 2. The lowest BCUT2D eigenvalue weighted by Gasteiger charge is -2.10. The summed E-state index contributed by atoms with van der Waals surface area (Å²) in [5.41, 5.74) is 2.88. The molecule has 1 aromatic heterocycles. The van der Waals surface area contributed by atoms with E-state index in [2.05, 4.69) is 5.32 Å². The molecule has 112 valence electrons. The van der Waals surface area contributed by atoms with Gasteiger partial charge in [0.1, 0.15) is 4.88 Å². The molecule has 0 bridgehead atoms. The summed E-state index contributed by atoms with van der Waals surface area (Å²) in [5.74, 6) is -0.195. The molecule has 5 heteroatoms. The van der Waals surface area contributed by atoms with Crippen LogP contribution in [0.2, 0.25) is 10.0 Å². The number of hydrogen-bond donors (Lipinski definition) is 1. The van der Waals surface area contributed by atoms with Crippen LogP contribution < -0.4 is 5.32 Å². The minimum Gasteiger partial charge on any atom is -0.321 e. The third-order valence-electron chi connectivity index (χ3n) is 3.52. The molecule has 0 saturated carbocycles. The zero-order valence-electron chi connectivity index (χ0n) is 12.0. The van der Waals surface area contributed by atoms with Gasteiger partial charge < -0.3 is 5.32 Å². The van der Waals surface area contributed by atoms with Gasteiger partial charge in [-0.3, -0.25) is 4.79 Å². The second kappa shape index (κ2) is 5.92. The third kappa shape index (κ3) is 2.72. The number of aryl methyl sites for hydroxylation is 2. The predicted molar refractivity (Wildman–Crippen MR) is 95.7 cm³/mol. The number of nitrogens with one attached hydrogen (secondary N) is 1. The molecule has 2 aromatic carbocycles. The van der Waals surface area contributed by atoms with Gasteiger partial charge in [0.2, 0.25) is 0 Å². The average molecular weight is 350 g/mol. The second-order valence-corrected chi connectivity index (χ2v) is 6.97. The Morgan fingerprint density at radius 2 is 1.77 bits per heavy atom. The fourth-order valence-corrected chi connectivity index (χ4v) is 4.06. The molecule has 1 N–H and O–H groups in total. The van der Waals surface area contributed by atoms with Crippen molar-refractivity contribution in [3.8, 4) is 0 Å². The van der Waals surface area contributed by atoms with Crippen LogP contribution in [0, 0.1) is 13.8 Å². The quantitative estimate of drug-likeness (QED) is 0.596. The van der Waals surface area contributed by atoms with Crippen LogP contribution >= 0.6 is 34.5 Å². The van der Waals surface area contributed by atoms with Crippen LogP contribution in [0.4, 0.5) is 5.69 Å². The van der Waals surface area contributed by atoms with E-state index < -0.39 is 0 Å². The number of anilines is 1. The number of fused-ring (bicyclic) bond motifs is 1. The second-order valence-electron chi connectivity index (χ2n) is 5.11. The van der Waals surface area contributed by atoms with E-state index in [4.69, 9.17) is 23.2 Å². The molecule has 0 aliphatic carbocycles. The van der Waals surface area contributed by atoms with Crippen LogP contribution in [-0.2, 0) is 0 Å². The first kappa shape index (κ1) is 15.3. The van der Waals surface area contributed by atoms with Gasteiger partial charge in [0.15, 0.2) is 0 Å². The Hall–Kier alpha value is -1.55. The monoisotopic (exact) mass is 349 g/mol. The fourth-order valence-electron chi connectivity index (χ4n) is 2.37. The van der Waals surface area contributed by atoms with Crippen molar-refractivity contribution in [1.29, 1.82) is 0 Å². The number of halogens is 2. The molecule has 0 aliphatic heterocycles. The van der Waals surface area contributed by atoms with E-state index in [1.165, 1.54) is 11.3 Å². The maximum Gasteiger partial charge on any atom is 0.267 e. The van der Waals surface area contributed by atoms with E-state index in [0.29, 0.717) is 14.9 Å². The van der Waals surface area contributed by atoms with Crippen molar-refractivity contribution in [2.24, 2.45) is 0 Å². The number of carbonyl (C=O) groups is 1. The highest BCUT2D eigenvalue weighted by Gasteiger charge is 2.18. The van der Waals surface area contributed by atoms with Gasteiger partial charge in [-0.2, -0.15) is 0 Å². The van der Waals surface area contributed by atoms with Crippen molar-refractivity contribution in [3.63, 3.8) is 0 Å². The summed E-state index contributed by atoms with van der Waals surface area (Å²) in [5, 5.41) is 4.92. The van der Waals surface area contributed by atoms with Crippen LogP contribution in [0.5, 0.6) is 0 Å². The van der Waals surface area contributed by atoms with Crippen molar-refractivity contribution in [2.45, 2.75) is 13.8 Å². The van der Waals surface area contributed by atoms with Crippen LogP contribution in [0.1, 0.15) is 20.8 Å². The zero-order chi connectivity index (χ0) is 15.9. The molecule has 3 rings (SSSR count). The van der Waals surface area contributed by atoms with Gasteiger partial charge in [-0.1, -0.05) is 47.5 Å². The molecular weight excluding hydrogens is 337 g/mol. The van der Waals surface area contributed by atoms with E-state index in [1.54, 1.807) is 6.07 Å². The molecule has 0 spiro atoms. The summed E-state index contributed by atoms with van der Waals surface area (Å²) < 4.78 is 0.907. The van der Waals surface area contributed by atoms with E-state index in [0.717, 1.165) is 26.9 Å². The molecule has 0 atom stereocenters. The molecule has 0 unspecified atom stereocenters. The minimum atomic E-state index is -0.195. The van der Waals surface area contributed by atoms with E-state index in [-0.39, 0.29) is 5.91 Å². The maximum absolute atomic E-state index is 12.6. The van der Waals surface area contributed by atoms with Gasteiger partial charge in [0.25, 0.3) is 5.91 Å². The Morgan fingerprint density at radius 1 is 1.09 bits per heavy atom. The maximum atomic E-state index is 12.6. The summed E-state index contributed by atoms with van der Waals surface area (Å²) in [4.78, 5) is 13.1. The average Bonchev–Trinajstić information content (AvgIpc) is 2.79. The fraction of sp³-hybridized carbons (Fsp3) is 0.118. The molecule has 3 aromatic rings. The Bertz CT molecular complexity index is 865. The molecule has 0 radical (unpaired) electrons. The smallest absolute Gasteiger partial charge is 0.267 e. The van der Waals surface area contributed by atoms with Gasteiger partial charge in [-0.15, -0.1) is 11.3 Å². The SMILES string of the molecule is Cc1cccc(C)c1NC(=O)c1sc2cc(Cl)ccc2c1Cl. The summed E-state index contributed by atoms with van der Waals surface area (Å²) in [6, 6.07) is 11.3.